The van der Waals surface area contributed by atoms with Gasteiger partial charge in [-0.3, -0.25) is 0 Å². The Labute approximate surface area is 115 Å². The highest BCUT2D eigenvalue weighted by Gasteiger charge is 2.09. The molecule has 2 rings (SSSR count). The van der Waals surface area contributed by atoms with Crippen LogP contribution in [0, 0.1) is 0 Å². The number of anilines is 1. The lowest BCUT2D eigenvalue weighted by Gasteiger charge is -2.29. The fourth-order valence-corrected chi connectivity index (χ4v) is 2.21. The van der Waals surface area contributed by atoms with Gasteiger partial charge in [0, 0.05) is 45.6 Å². The molecule has 0 saturated carbocycles. The van der Waals surface area contributed by atoms with Gasteiger partial charge in [-0.05, 0) is 37.1 Å². The Morgan fingerprint density at radius 2 is 1.74 bits per heavy atom. The maximum atomic E-state index is 5.71. The van der Waals surface area contributed by atoms with Gasteiger partial charge in [0.15, 0.2) is 0 Å². The molecule has 0 unspecified atom stereocenters. The van der Waals surface area contributed by atoms with E-state index in [-0.39, 0.29) is 0 Å². The molecule has 1 aromatic carbocycles. The van der Waals surface area contributed by atoms with Crippen LogP contribution in [0.15, 0.2) is 24.3 Å². The summed E-state index contributed by atoms with van der Waals surface area (Å²) in [5.74, 6) is 0.955. The minimum Gasteiger partial charge on any atom is -0.494 e. The molecule has 1 saturated heterocycles. The van der Waals surface area contributed by atoms with Crippen LogP contribution in [-0.2, 0) is 4.74 Å². The number of nitrogens with zero attached hydrogens (tertiary/aromatic N) is 1. The highest BCUT2D eigenvalue weighted by atomic mass is 16.5. The summed E-state index contributed by atoms with van der Waals surface area (Å²) >= 11 is 0. The van der Waals surface area contributed by atoms with Crippen molar-refractivity contribution in [3.63, 3.8) is 0 Å². The molecule has 0 bridgehead atoms. The van der Waals surface area contributed by atoms with Gasteiger partial charge in [-0.2, -0.15) is 0 Å². The van der Waals surface area contributed by atoms with Crippen LogP contribution >= 0.6 is 0 Å². The topological polar surface area (TPSA) is 33.7 Å². The van der Waals surface area contributed by atoms with Crippen LogP contribution in [0.4, 0.5) is 5.69 Å². The highest BCUT2D eigenvalue weighted by molar-refractivity contribution is 5.49. The van der Waals surface area contributed by atoms with E-state index in [1.165, 1.54) is 5.69 Å². The van der Waals surface area contributed by atoms with E-state index in [2.05, 4.69) is 34.5 Å². The Morgan fingerprint density at radius 3 is 2.42 bits per heavy atom. The molecule has 4 heteroatoms. The van der Waals surface area contributed by atoms with E-state index in [0.29, 0.717) is 0 Å². The first-order valence-electron chi connectivity index (χ1n) is 7.07. The molecule has 19 heavy (non-hydrogen) atoms. The molecule has 0 amide bonds. The van der Waals surface area contributed by atoms with E-state index in [1.54, 1.807) is 7.11 Å². The van der Waals surface area contributed by atoms with Gasteiger partial charge >= 0.3 is 0 Å². The molecule has 1 fully saturated rings. The zero-order valence-electron chi connectivity index (χ0n) is 11.7. The Hall–Kier alpha value is -1.26. The van der Waals surface area contributed by atoms with Crippen LogP contribution in [0.25, 0.3) is 0 Å². The molecular weight excluding hydrogens is 240 g/mol. The molecule has 0 spiro atoms. The van der Waals surface area contributed by atoms with E-state index < -0.39 is 0 Å². The number of hydrogen-bond donors (Lipinski definition) is 1. The largest absolute Gasteiger partial charge is 0.494 e. The second kappa shape index (κ2) is 8.02. The average Bonchev–Trinajstić information content (AvgIpc) is 2.49. The number of methoxy groups -OCH3 is 1. The number of ether oxygens (including phenoxy) is 2. The van der Waals surface area contributed by atoms with Gasteiger partial charge in [-0.25, -0.2) is 0 Å². The number of unbranched alkanes of at least 4 members (excludes halogenated alkanes) is 1. The molecule has 1 N–H and O–H groups in total. The second-order valence-electron chi connectivity index (χ2n) is 4.78. The van der Waals surface area contributed by atoms with Crippen LogP contribution in [0.2, 0.25) is 0 Å². The third kappa shape index (κ3) is 4.73. The summed E-state index contributed by atoms with van der Waals surface area (Å²) in [7, 11) is 1.73. The standard InChI is InChI=1S/C15H24N2O2/c1-18-12-2-3-13-19-15-6-4-14(5-7-15)17-10-8-16-9-11-17/h4-7,16H,2-3,8-13H2,1H3. The molecule has 106 valence electrons. The van der Waals surface area contributed by atoms with Crippen molar-refractivity contribution in [2.45, 2.75) is 12.8 Å². The molecule has 0 atom stereocenters. The van der Waals surface area contributed by atoms with Crippen molar-refractivity contribution in [3.05, 3.63) is 24.3 Å². The molecule has 1 aliphatic rings. The first-order valence-corrected chi connectivity index (χ1v) is 7.07. The van der Waals surface area contributed by atoms with Gasteiger partial charge in [-0.1, -0.05) is 0 Å². The summed E-state index contributed by atoms with van der Waals surface area (Å²) in [4.78, 5) is 2.40. The van der Waals surface area contributed by atoms with Gasteiger partial charge in [0.25, 0.3) is 0 Å². The second-order valence-corrected chi connectivity index (χ2v) is 4.78. The first kappa shape index (κ1) is 14.2. The molecule has 4 nitrogen and oxygen atoms in total. The molecule has 0 radical (unpaired) electrons. The predicted molar refractivity (Wildman–Crippen MR) is 78.1 cm³/mol. The van der Waals surface area contributed by atoms with Gasteiger partial charge in [-0.15, -0.1) is 0 Å². The van der Waals surface area contributed by atoms with Crippen molar-refractivity contribution >= 4 is 5.69 Å². The van der Waals surface area contributed by atoms with Crippen molar-refractivity contribution in [1.29, 1.82) is 0 Å². The van der Waals surface area contributed by atoms with Crippen molar-refractivity contribution in [3.8, 4) is 5.75 Å². The Balaban J connectivity index is 1.74. The van der Waals surface area contributed by atoms with Crippen LogP contribution < -0.4 is 15.0 Å². The quantitative estimate of drug-likeness (QED) is 0.763. The number of hydrogen-bond acceptors (Lipinski definition) is 4. The highest BCUT2D eigenvalue weighted by Crippen LogP contribution is 2.19. The molecule has 0 aliphatic carbocycles. The smallest absolute Gasteiger partial charge is 0.119 e. The number of piperazine rings is 1. The molecule has 1 aliphatic heterocycles. The Bertz CT molecular complexity index is 348. The molecule has 1 heterocycles. The summed E-state index contributed by atoms with van der Waals surface area (Å²) in [6, 6.07) is 8.42. The van der Waals surface area contributed by atoms with Crippen molar-refractivity contribution in [2.75, 3.05) is 51.4 Å². The molecule has 1 aromatic rings. The maximum absolute atomic E-state index is 5.71. The number of nitrogens with one attached hydrogen (secondary N) is 1. The monoisotopic (exact) mass is 264 g/mol. The molecule has 0 aromatic heterocycles. The number of rotatable bonds is 7. The average molecular weight is 264 g/mol. The van der Waals surface area contributed by atoms with E-state index in [0.717, 1.165) is 58.0 Å². The van der Waals surface area contributed by atoms with Crippen LogP contribution in [0.1, 0.15) is 12.8 Å². The lowest BCUT2D eigenvalue weighted by molar-refractivity contribution is 0.184. The zero-order chi connectivity index (χ0) is 13.3. The van der Waals surface area contributed by atoms with Crippen LogP contribution in [0.5, 0.6) is 5.75 Å². The van der Waals surface area contributed by atoms with Crippen LogP contribution in [-0.4, -0.2) is 46.5 Å². The van der Waals surface area contributed by atoms with Gasteiger partial charge in [0.05, 0.1) is 6.61 Å². The van der Waals surface area contributed by atoms with Gasteiger partial charge in [0.1, 0.15) is 5.75 Å². The summed E-state index contributed by atoms with van der Waals surface area (Å²) in [6.07, 6.45) is 2.09. The third-order valence-corrected chi connectivity index (χ3v) is 3.33. The minimum absolute atomic E-state index is 0.760. The number of benzene rings is 1. The fourth-order valence-electron chi connectivity index (χ4n) is 2.21. The van der Waals surface area contributed by atoms with Gasteiger partial charge < -0.3 is 19.7 Å². The minimum atomic E-state index is 0.760. The predicted octanol–water partition coefficient (Wildman–Crippen LogP) is 1.90. The zero-order valence-corrected chi connectivity index (χ0v) is 11.7. The lowest BCUT2D eigenvalue weighted by Crippen LogP contribution is -2.43. The molecular formula is C15H24N2O2. The summed E-state index contributed by atoms with van der Waals surface area (Å²) in [6.45, 7) is 5.87. The lowest BCUT2D eigenvalue weighted by atomic mass is 10.2. The van der Waals surface area contributed by atoms with E-state index in [1.807, 2.05) is 0 Å². The SMILES string of the molecule is COCCCCOc1ccc(N2CCNCC2)cc1. The van der Waals surface area contributed by atoms with Crippen molar-refractivity contribution in [2.24, 2.45) is 0 Å². The van der Waals surface area contributed by atoms with E-state index in [9.17, 15) is 0 Å². The Morgan fingerprint density at radius 1 is 1.05 bits per heavy atom. The van der Waals surface area contributed by atoms with Crippen molar-refractivity contribution < 1.29 is 9.47 Å². The summed E-state index contributed by atoms with van der Waals surface area (Å²) in [5, 5.41) is 3.36. The van der Waals surface area contributed by atoms with E-state index in [4.69, 9.17) is 9.47 Å². The fraction of sp³-hybridized carbons (Fsp3) is 0.600. The third-order valence-electron chi connectivity index (χ3n) is 3.33. The summed E-state index contributed by atoms with van der Waals surface area (Å²) in [5.41, 5.74) is 1.29. The van der Waals surface area contributed by atoms with Crippen molar-refractivity contribution in [1.82, 2.24) is 5.32 Å². The summed E-state index contributed by atoms with van der Waals surface area (Å²) < 4.78 is 10.7. The Kier molecular flexibility index (Phi) is 5.98. The normalized spacial score (nSPS) is 15.5. The van der Waals surface area contributed by atoms with Gasteiger partial charge in [0.2, 0.25) is 0 Å². The van der Waals surface area contributed by atoms with Crippen LogP contribution in [0.3, 0.4) is 0 Å². The first-order chi connectivity index (χ1) is 9.40. The van der Waals surface area contributed by atoms with E-state index >= 15 is 0 Å². The maximum Gasteiger partial charge on any atom is 0.119 e.